The number of hydrogen-bond donors (Lipinski definition) is 1. The molecule has 0 aliphatic carbocycles. The number of amides is 1. The molecule has 1 heterocycles. The van der Waals surface area contributed by atoms with Gasteiger partial charge in [0.15, 0.2) is 0 Å². The standard InChI is InChI=1S/C21H24F3N3O/c22-21(23,24)20(28)25-13-19-16-26(14-17-7-3-1-4-8-17)11-12-27(19)15-18-9-5-2-6-10-18/h1-10,19H,11-16H2,(H,25,28). The van der Waals surface area contributed by atoms with Crippen molar-refractivity contribution in [1.29, 1.82) is 0 Å². The van der Waals surface area contributed by atoms with Gasteiger partial charge < -0.3 is 5.32 Å². The number of piperazine rings is 1. The van der Waals surface area contributed by atoms with Gasteiger partial charge in [0, 0.05) is 45.3 Å². The van der Waals surface area contributed by atoms with Crippen molar-refractivity contribution in [1.82, 2.24) is 15.1 Å². The molecule has 4 nitrogen and oxygen atoms in total. The largest absolute Gasteiger partial charge is 0.471 e. The molecule has 3 rings (SSSR count). The van der Waals surface area contributed by atoms with E-state index in [1.807, 2.05) is 60.7 Å². The predicted octanol–water partition coefficient (Wildman–Crippen LogP) is 3.05. The summed E-state index contributed by atoms with van der Waals surface area (Å²) in [5, 5.41) is 2.06. The van der Waals surface area contributed by atoms with E-state index < -0.39 is 12.1 Å². The van der Waals surface area contributed by atoms with E-state index in [2.05, 4.69) is 15.1 Å². The fourth-order valence-electron chi connectivity index (χ4n) is 3.47. The molecule has 1 N–H and O–H groups in total. The highest BCUT2D eigenvalue weighted by Gasteiger charge is 2.39. The lowest BCUT2D eigenvalue weighted by atomic mass is 10.1. The number of alkyl halides is 3. The van der Waals surface area contributed by atoms with E-state index >= 15 is 0 Å². The molecule has 0 saturated carbocycles. The van der Waals surface area contributed by atoms with E-state index in [1.165, 1.54) is 0 Å². The van der Waals surface area contributed by atoms with Crippen LogP contribution in [-0.2, 0) is 17.9 Å². The smallest absolute Gasteiger partial charge is 0.347 e. The van der Waals surface area contributed by atoms with Crippen molar-refractivity contribution in [2.24, 2.45) is 0 Å². The van der Waals surface area contributed by atoms with Crippen LogP contribution in [0, 0.1) is 0 Å². The van der Waals surface area contributed by atoms with Crippen molar-refractivity contribution in [3.8, 4) is 0 Å². The highest BCUT2D eigenvalue weighted by atomic mass is 19.4. The molecule has 1 unspecified atom stereocenters. The fraction of sp³-hybridized carbons (Fsp3) is 0.381. The normalized spacial score (nSPS) is 18.8. The Labute approximate surface area is 162 Å². The molecule has 1 fully saturated rings. The molecule has 1 aliphatic rings. The first-order valence-electron chi connectivity index (χ1n) is 9.31. The third-order valence-corrected chi connectivity index (χ3v) is 4.92. The third-order valence-electron chi connectivity index (χ3n) is 4.92. The first-order valence-corrected chi connectivity index (χ1v) is 9.31. The molecule has 1 aliphatic heterocycles. The SMILES string of the molecule is O=C(NCC1CN(Cc2ccccc2)CCN1Cc1ccccc1)C(F)(F)F. The van der Waals surface area contributed by atoms with Gasteiger partial charge in [0.25, 0.3) is 0 Å². The summed E-state index contributed by atoms with van der Waals surface area (Å²) in [6.07, 6.45) is -4.86. The lowest BCUT2D eigenvalue weighted by molar-refractivity contribution is -0.173. The van der Waals surface area contributed by atoms with Gasteiger partial charge in [-0.05, 0) is 11.1 Å². The zero-order valence-corrected chi connectivity index (χ0v) is 15.5. The van der Waals surface area contributed by atoms with Crippen molar-refractivity contribution < 1.29 is 18.0 Å². The Kier molecular flexibility index (Phi) is 6.70. The molecule has 1 atom stereocenters. The third kappa shape index (κ3) is 5.81. The number of hydrogen-bond acceptors (Lipinski definition) is 3. The van der Waals surface area contributed by atoms with Gasteiger partial charge in [-0.3, -0.25) is 14.6 Å². The Bertz CT molecular complexity index is 752. The van der Waals surface area contributed by atoms with Crippen LogP contribution < -0.4 is 5.32 Å². The molecule has 0 radical (unpaired) electrons. The van der Waals surface area contributed by atoms with E-state index in [9.17, 15) is 18.0 Å². The van der Waals surface area contributed by atoms with E-state index in [0.29, 0.717) is 13.1 Å². The summed E-state index contributed by atoms with van der Waals surface area (Å²) in [5.41, 5.74) is 2.27. The van der Waals surface area contributed by atoms with Crippen molar-refractivity contribution in [2.45, 2.75) is 25.3 Å². The van der Waals surface area contributed by atoms with Crippen LogP contribution in [0.25, 0.3) is 0 Å². The van der Waals surface area contributed by atoms with Crippen LogP contribution in [-0.4, -0.2) is 54.1 Å². The molecule has 28 heavy (non-hydrogen) atoms. The minimum absolute atomic E-state index is 0.0313. The van der Waals surface area contributed by atoms with E-state index in [0.717, 1.165) is 30.8 Å². The zero-order valence-electron chi connectivity index (χ0n) is 15.5. The topological polar surface area (TPSA) is 35.6 Å². The highest BCUT2D eigenvalue weighted by molar-refractivity contribution is 5.81. The lowest BCUT2D eigenvalue weighted by Gasteiger charge is -2.41. The van der Waals surface area contributed by atoms with Crippen LogP contribution in [0.15, 0.2) is 60.7 Å². The molecule has 150 valence electrons. The summed E-state index contributed by atoms with van der Waals surface area (Å²) in [7, 11) is 0. The second kappa shape index (κ2) is 9.21. The quantitative estimate of drug-likeness (QED) is 0.822. The summed E-state index contributed by atoms with van der Waals surface area (Å²) < 4.78 is 37.7. The monoisotopic (exact) mass is 391 g/mol. The van der Waals surface area contributed by atoms with Gasteiger partial charge in [-0.15, -0.1) is 0 Å². The number of nitrogens with zero attached hydrogens (tertiary/aromatic N) is 2. The summed E-state index contributed by atoms with van der Waals surface area (Å²) in [5.74, 6) is -1.88. The maximum absolute atomic E-state index is 12.6. The number of halogens is 3. The van der Waals surface area contributed by atoms with Crippen molar-refractivity contribution in [3.63, 3.8) is 0 Å². The van der Waals surface area contributed by atoms with Gasteiger partial charge in [-0.2, -0.15) is 13.2 Å². The summed E-state index contributed by atoms with van der Waals surface area (Å²) >= 11 is 0. The van der Waals surface area contributed by atoms with E-state index in [1.54, 1.807) is 0 Å². The molecule has 0 aromatic heterocycles. The van der Waals surface area contributed by atoms with Crippen LogP contribution >= 0.6 is 0 Å². The molecule has 1 amide bonds. The number of carbonyl (C=O) groups excluding carboxylic acids is 1. The first kappa shape index (κ1) is 20.4. The zero-order chi connectivity index (χ0) is 20.0. The predicted molar refractivity (Wildman–Crippen MR) is 101 cm³/mol. The Morgan fingerprint density at radius 2 is 1.50 bits per heavy atom. The van der Waals surface area contributed by atoms with Crippen LogP contribution in [0.4, 0.5) is 13.2 Å². The van der Waals surface area contributed by atoms with Crippen LogP contribution in [0.1, 0.15) is 11.1 Å². The molecule has 2 aromatic rings. The Balaban J connectivity index is 1.66. The maximum atomic E-state index is 12.6. The van der Waals surface area contributed by atoms with Crippen molar-refractivity contribution >= 4 is 5.91 Å². The number of rotatable bonds is 6. The first-order chi connectivity index (χ1) is 13.4. The molecular formula is C21H24F3N3O. The molecular weight excluding hydrogens is 367 g/mol. The second-order valence-electron chi connectivity index (χ2n) is 7.04. The Hall–Kier alpha value is -2.38. The van der Waals surface area contributed by atoms with E-state index in [4.69, 9.17) is 0 Å². The molecule has 0 bridgehead atoms. The number of benzene rings is 2. The van der Waals surface area contributed by atoms with Crippen LogP contribution in [0.5, 0.6) is 0 Å². The number of carbonyl (C=O) groups is 1. The van der Waals surface area contributed by atoms with Gasteiger partial charge in [-0.1, -0.05) is 60.7 Å². The second-order valence-corrected chi connectivity index (χ2v) is 7.04. The summed E-state index contributed by atoms with van der Waals surface area (Å²) in [4.78, 5) is 15.6. The maximum Gasteiger partial charge on any atom is 0.471 e. The average Bonchev–Trinajstić information content (AvgIpc) is 2.68. The van der Waals surface area contributed by atoms with Crippen LogP contribution in [0.2, 0.25) is 0 Å². The minimum atomic E-state index is -4.86. The highest BCUT2D eigenvalue weighted by Crippen LogP contribution is 2.18. The molecule has 2 aromatic carbocycles. The molecule has 0 spiro atoms. The van der Waals surface area contributed by atoms with Gasteiger partial charge in [0.2, 0.25) is 0 Å². The van der Waals surface area contributed by atoms with Crippen molar-refractivity contribution in [2.75, 3.05) is 26.2 Å². The molecule has 1 saturated heterocycles. The molecule has 7 heteroatoms. The Morgan fingerprint density at radius 3 is 2.07 bits per heavy atom. The lowest BCUT2D eigenvalue weighted by Crippen LogP contribution is -2.57. The minimum Gasteiger partial charge on any atom is -0.347 e. The average molecular weight is 391 g/mol. The summed E-state index contributed by atoms with van der Waals surface area (Å²) in [6, 6.07) is 19.6. The van der Waals surface area contributed by atoms with Gasteiger partial charge in [-0.25, -0.2) is 0 Å². The van der Waals surface area contributed by atoms with Crippen molar-refractivity contribution in [3.05, 3.63) is 71.8 Å². The summed E-state index contributed by atoms with van der Waals surface area (Å²) in [6.45, 7) is 3.51. The van der Waals surface area contributed by atoms with Crippen LogP contribution in [0.3, 0.4) is 0 Å². The van der Waals surface area contributed by atoms with E-state index in [-0.39, 0.29) is 12.6 Å². The van der Waals surface area contributed by atoms with Gasteiger partial charge in [0.05, 0.1) is 0 Å². The van der Waals surface area contributed by atoms with Gasteiger partial charge >= 0.3 is 12.1 Å². The van der Waals surface area contributed by atoms with Gasteiger partial charge in [0.1, 0.15) is 0 Å². The fourth-order valence-corrected chi connectivity index (χ4v) is 3.47. The number of nitrogens with one attached hydrogen (secondary N) is 1. The Morgan fingerprint density at radius 1 is 0.929 bits per heavy atom.